The minimum Gasteiger partial charge on any atom is -0.454 e. The van der Waals surface area contributed by atoms with Crippen molar-refractivity contribution in [3.8, 4) is 11.5 Å². The van der Waals surface area contributed by atoms with Crippen LogP contribution >= 0.6 is 0 Å². The molecule has 5 rings (SSSR count). The summed E-state index contributed by atoms with van der Waals surface area (Å²) in [6.45, 7) is -0.246. The third-order valence-electron chi connectivity index (χ3n) is 6.92. The molecule has 0 fully saturated rings. The first-order chi connectivity index (χ1) is 18.3. The number of benzene rings is 3. The molecule has 10 heteroatoms. The molecule has 0 saturated heterocycles. The molecule has 1 heterocycles. The summed E-state index contributed by atoms with van der Waals surface area (Å²) in [7, 11) is -3.93. The van der Waals surface area contributed by atoms with E-state index in [2.05, 4.69) is 10.0 Å². The van der Waals surface area contributed by atoms with Gasteiger partial charge < -0.3 is 25.0 Å². The number of rotatable bonds is 10. The molecule has 2 aliphatic rings. The zero-order chi connectivity index (χ0) is 26.7. The highest BCUT2D eigenvalue weighted by atomic mass is 32.2. The smallest absolute Gasteiger partial charge is 0.240 e. The van der Waals surface area contributed by atoms with Crippen molar-refractivity contribution in [2.24, 2.45) is 5.92 Å². The minimum absolute atomic E-state index is 0.0126. The molecule has 0 saturated carbocycles. The van der Waals surface area contributed by atoms with Gasteiger partial charge in [0, 0.05) is 24.9 Å². The van der Waals surface area contributed by atoms with Gasteiger partial charge in [0.25, 0.3) is 0 Å². The summed E-state index contributed by atoms with van der Waals surface area (Å²) in [4.78, 5) is 13.4. The van der Waals surface area contributed by atoms with Crippen molar-refractivity contribution in [2.75, 3.05) is 13.3 Å². The van der Waals surface area contributed by atoms with Crippen LogP contribution in [-0.4, -0.2) is 50.1 Å². The summed E-state index contributed by atoms with van der Waals surface area (Å²) < 4.78 is 38.5. The number of hydrogen-bond acceptors (Lipinski definition) is 7. The van der Waals surface area contributed by atoms with Crippen LogP contribution in [0, 0.1) is 5.92 Å². The number of carbonyl (C=O) groups excluding carboxylic acids is 1. The Labute approximate surface area is 221 Å². The second kappa shape index (κ2) is 11.1. The standard InChI is InChI=1S/C28H30N2O7S/c31-21(16-29-38(34,35)22-10-11-25-26(15-22)37-17-36-25)13-20(12-18-6-2-1-3-7-18)28(33)30-27-23-9-5-4-8-19(23)14-24(27)32/h1-11,15,20-21,24,27,29,31-32H,12-14,16-17H2,(H,30,33)/t20-,21+,24-,27+/m1/s1. The van der Waals surface area contributed by atoms with E-state index >= 15 is 0 Å². The summed E-state index contributed by atoms with van der Waals surface area (Å²) in [5.74, 6) is -0.160. The van der Waals surface area contributed by atoms with Gasteiger partial charge in [-0.15, -0.1) is 0 Å². The first-order valence-corrected chi connectivity index (χ1v) is 14.0. The normalized spacial score (nSPS) is 19.5. The molecular formula is C28H30N2O7S. The highest BCUT2D eigenvalue weighted by Gasteiger charge is 2.34. The van der Waals surface area contributed by atoms with Crippen LogP contribution in [0.1, 0.15) is 29.2 Å². The number of nitrogens with one attached hydrogen (secondary N) is 2. The average molecular weight is 539 g/mol. The fourth-order valence-electron chi connectivity index (χ4n) is 4.95. The third kappa shape index (κ3) is 5.83. The monoisotopic (exact) mass is 538 g/mol. The van der Waals surface area contributed by atoms with Gasteiger partial charge in [0.2, 0.25) is 22.7 Å². The van der Waals surface area contributed by atoms with Gasteiger partial charge in [0.05, 0.1) is 23.1 Å². The van der Waals surface area contributed by atoms with Crippen LogP contribution in [0.15, 0.2) is 77.7 Å². The largest absolute Gasteiger partial charge is 0.454 e. The van der Waals surface area contributed by atoms with Gasteiger partial charge in [-0.05, 0) is 41.7 Å². The lowest BCUT2D eigenvalue weighted by atomic mass is 9.92. The van der Waals surface area contributed by atoms with Gasteiger partial charge in [-0.2, -0.15) is 0 Å². The summed E-state index contributed by atoms with van der Waals surface area (Å²) in [6.07, 6.45) is -1.04. The number of aliphatic hydroxyl groups is 2. The first-order valence-electron chi connectivity index (χ1n) is 12.5. The van der Waals surface area contributed by atoms with E-state index in [-0.39, 0.29) is 30.6 Å². The molecule has 4 atom stereocenters. The van der Waals surface area contributed by atoms with E-state index in [1.807, 2.05) is 54.6 Å². The van der Waals surface area contributed by atoms with Gasteiger partial charge in [0.1, 0.15) is 0 Å². The van der Waals surface area contributed by atoms with Crippen LogP contribution in [0.3, 0.4) is 0 Å². The predicted molar refractivity (Wildman–Crippen MR) is 139 cm³/mol. The molecule has 1 aliphatic heterocycles. The van der Waals surface area contributed by atoms with Crippen molar-refractivity contribution in [1.82, 2.24) is 10.0 Å². The van der Waals surface area contributed by atoms with Crippen LogP contribution in [0.5, 0.6) is 11.5 Å². The molecule has 0 aromatic heterocycles. The molecule has 200 valence electrons. The number of carbonyl (C=O) groups is 1. The van der Waals surface area contributed by atoms with Gasteiger partial charge in [0.15, 0.2) is 11.5 Å². The zero-order valence-corrected chi connectivity index (χ0v) is 21.4. The van der Waals surface area contributed by atoms with Crippen molar-refractivity contribution in [3.05, 3.63) is 89.5 Å². The van der Waals surface area contributed by atoms with Gasteiger partial charge in [-0.1, -0.05) is 54.6 Å². The van der Waals surface area contributed by atoms with Gasteiger partial charge in [-0.3, -0.25) is 4.79 Å². The van der Waals surface area contributed by atoms with Crippen LogP contribution in [0.4, 0.5) is 0 Å². The predicted octanol–water partition coefficient (Wildman–Crippen LogP) is 2.08. The van der Waals surface area contributed by atoms with E-state index in [9.17, 15) is 23.4 Å². The fraction of sp³-hybridized carbons (Fsp3) is 0.321. The number of aliphatic hydroxyl groups excluding tert-OH is 2. The Hall–Kier alpha value is -3.44. The van der Waals surface area contributed by atoms with E-state index in [1.54, 1.807) is 0 Å². The average Bonchev–Trinajstić information content (AvgIpc) is 3.51. The molecular weight excluding hydrogens is 508 g/mol. The van der Waals surface area contributed by atoms with Crippen molar-refractivity contribution in [3.63, 3.8) is 0 Å². The van der Waals surface area contributed by atoms with Crippen LogP contribution in [-0.2, 0) is 27.7 Å². The Morgan fingerprint density at radius 2 is 1.74 bits per heavy atom. The number of hydrogen-bond donors (Lipinski definition) is 4. The Morgan fingerprint density at radius 1 is 1.00 bits per heavy atom. The highest BCUT2D eigenvalue weighted by Crippen LogP contribution is 2.34. The molecule has 38 heavy (non-hydrogen) atoms. The van der Waals surface area contributed by atoms with Crippen molar-refractivity contribution in [1.29, 1.82) is 0 Å². The molecule has 3 aromatic rings. The Balaban J connectivity index is 1.26. The van der Waals surface area contributed by atoms with E-state index in [4.69, 9.17) is 9.47 Å². The van der Waals surface area contributed by atoms with Crippen molar-refractivity contribution >= 4 is 15.9 Å². The molecule has 1 aliphatic carbocycles. The molecule has 9 nitrogen and oxygen atoms in total. The number of amides is 1. The quantitative estimate of drug-likeness (QED) is 0.311. The van der Waals surface area contributed by atoms with Crippen molar-refractivity contribution in [2.45, 2.75) is 42.4 Å². The summed E-state index contributed by atoms with van der Waals surface area (Å²) in [5, 5.41) is 24.3. The molecule has 0 spiro atoms. The fourth-order valence-corrected chi connectivity index (χ4v) is 6.03. The van der Waals surface area contributed by atoms with E-state index in [0.717, 1.165) is 16.7 Å². The van der Waals surface area contributed by atoms with E-state index in [1.165, 1.54) is 18.2 Å². The highest BCUT2D eigenvalue weighted by molar-refractivity contribution is 7.89. The lowest BCUT2D eigenvalue weighted by molar-refractivity contribution is -0.127. The van der Waals surface area contributed by atoms with E-state index in [0.29, 0.717) is 24.3 Å². The zero-order valence-electron chi connectivity index (χ0n) is 20.6. The number of fused-ring (bicyclic) bond motifs is 2. The third-order valence-corrected chi connectivity index (χ3v) is 8.34. The Bertz CT molecular complexity index is 1400. The molecule has 0 unspecified atom stereocenters. The second-order valence-electron chi connectivity index (χ2n) is 9.60. The van der Waals surface area contributed by atoms with Crippen LogP contribution < -0.4 is 19.5 Å². The molecule has 0 bridgehead atoms. The maximum absolute atomic E-state index is 13.4. The number of ether oxygens (including phenoxy) is 2. The lowest BCUT2D eigenvalue weighted by Gasteiger charge is -2.24. The maximum atomic E-state index is 13.4. The maximum Gasteiger partial charge on any atom is 0.240 e. The van der Waals surface area contributed by atoms with Gasteiger partial charge in [-0.25, -0.2) is 13.1 Å². The molecule has 0 radical (unpaired) electrons. The molecule has 3 aromatic carbocycles. The summed E-state index contributed by atoms with van der Waals surface area (Å²) in [5.41, 5.74) is 2.78. The van der Waals surface area contributed by atoms with Crippen molar-refractivity contribution < 1.29 is 32.9 Å². The van der Waals surface area contributed by atoms with Gasteiger partial charge >= 0.3 is 0 Å². The topological polar surface area (TPSA) is 134 Å². The minimum atomic E-state index is -3.93. The summed E-state index contributed by atoms with van der Waals surface area (Å²) >= 11 is 0. The van der Waals surface area contributed by atoms with Crippen LogP contribution in [0.25, 0.3) is 0 Å². The second-order valence-corrected chi connectivity index (χ2v) is 11.4. The number of sulfonamides is 1. The van der Waals surface area contributed by atoms with Crippen LogP contribution in [0.2, 0.25) is 0 Å². The molecule has 1 amide bonds. The Morgan fingerprint density at radius 3 is 2.55 bits per heavy atom. The summed E-state index contributed by atoms with van der Waals surface area (Å²) in [6, 6.07) is 20.8. The Kier molecular flexibility index (Phi) is 7.66. The first kappa shape index (κ1) is 26.2. The lowest BCUT2D eigenvalue weighted by Crippen LogP contribution is -2.41. The SMILES string of the molecule is O=C(N[C@H]1c2ccccc2C[C@H]1O)[C@H](Cc1ccccc1)C[C@H](O)CNS(=O)(=O)c1ccc2c(c1)OCO2. The van der Waals surface area contributed by atoms with E-state index < -0.39 is 34.2 Å². The molecule has 4 N–H and O–H groups in total.